The van der Waals surface area contributed by atoms with Gasteiger partial charge in [0.2, 0.25) is 5.91 Å². The fourth-order valence-corrected chi connectivity index (χ4v) is 6.78. The van der Waals surface area contributed by atoms with E-state index in [0.29, 0.717) is 18.7 Å². The highest BCUT2D eigenvalue weighted by Gasteiger charge is 2.69. The van der Waals surface area contributed by atoms with Crippen molar-refractivity contribution in [3.63, 3.8) is 0 Å². The first kappa shape index (κ1) is 25.7. The summed E-state index contributed by atoms with van der Waals surface area (Å²) in [5, 5.41) is 24.0. The number of aromatic hydroxyl groups is 1. The molecule has 1 saturated heterocycles. The molecule has 4 aliphatic rings. The molecule has 198 valence electrons. The molecule has 5 rings (SSSR count). The summed E-state index contributed by atoms with van der Waals surface area (Å²) in [6.07, 6.45) is 2.20. The van der Waals surface area contributed by atoms with E-state index >= 15 is 0 Å². The van der Waals surface area contributed by atoms with Gasteiger partial charge in [-0.1, -0.05) is 6.07 Å². The molecule has 1 aliphatic heterocycles. The summed E-state index contributed by atoms with van der Waals surface area (Å²) >= 11 is 0. The number of amides is 1. The molecular weight excluding hydrogens is 482 g/mol. The van der Waals surface area contributed by atoms with Crippen LogP contribution >= 0.6 is 0 Å². The maximum absolute atomic E-state index is 13.8. The highest BCUT2D eigenvalue weighted by Crippen LogP contribution is 2.51. The van der Waals surface area contributed by atoms with Crippen LogP contribution < -0.4 is 5.73 Å². The number of nitrogens with two attached hydrogens (primary N) is 1. The van der Waals surface area contributed by atoms with E-state index in [9.17, 15) is 34.2 Å². The Labute approximate surface area is 213 Å². The van der Waals surface area contributed by atoms with E-state index in [1.807, 2.05) is 5.06 Å². The number of carbonyl (C=O) groups excluding carboxylic acids is 5. The highest BCUT2D eigenvalue weighted by atomic mass is 16.7. The minimum atomic E-state index is -2.72. The topological polar surface area (TPSA) is 168 Å². The maximum Gasteiger partial charge on any atom is 0.235 e. The summed E-state index contributed by atoms with van der Waals surface area (Å²) in [7, 11) is 3.12. The summed E-state index contributed by atoms with van der Waals surface area (Å²) in [5.41, 5.74) is 4.00. The van der Waals surface area contributed by atoms with Crippen molar-refractivity contribution in [2.45, 2.75) is 43.9 Å². The fourth-order valence-electron chi connectivity index (χ4n) is 6.78. The molecule has 0 bridgehead atoms. The van der Waals surface area contributed by atoms with Gasteiger partial charge in [0.05, 0.1) is 24.1 Å². The Morgan fingerprint density at radius 1 is 1.19 bits per heavy atom. The van der Waals surface area contributed by atoms with Crippen molar-refractivity contribution in [1.82, 2.24) is 9.96 Å². The van der Waals surface area contributed by atoms with Gasteiger partial charge in [-0.15, -0.1) is 0 Å². The number of rotatable bonds is 4. The molecule has 0 spiro atoms. The van der Waals surface area contributed by atoms with E-state index in [4.69, 9.17) is 10.6 Å². The van der Waals surface area contributed by atoms with Gasteiger partial charge in [-0.05, 0) is 62.9 Å². The van der Waals surface area contributed by atoms with Crippen LogP contribution in [-0.2, 0) is 37.0 Å². The molecule has 4 N–H and O–H groups in total. The first-order valence-electron chi connectivity index (χ1n) is 12.5. The van der Waals surface area contributed by atoms with Gasteiger partial charge in [0.25, 0.3) is 0 Å². The SMILES string of the molecule is CN(C)[C@@H]1C(=O)C(C(N)=O)C(=O)[C@@]2(O)C(=O)C3C(=O)c4c(O)ccc(CN5CCCCO5)c4C[C@H]3C[C@@H]12. The molecule has 2 unspecified atom stereocenters. The number of phenols is 1. The van der Waals surface area contributed by atoms with Gasteiger partial charge in [-0.2, -0.15) is 5.06 Å². The second kappa shape index (κ2) is 9.09. The van der Waals surface area contributed by atoms with Crippen LogP contribution in [0.4, 0.5) is 0 Å². The molecule has 1 amide bonds. The van der Waals surface area contributed by atoms with E-state index in [-0.39, 0.29) is 24.2 Å². The van der Waals surface area contributed by atoms with Crippen molar-refractivity contribution in [2.75, 3.05) is 27.2 Å². The molecule has 0 radical (unpaired) electrons. The number of primary amides is 1. The van der Waals surface area contributed by atoms with E-state index in [1.54, 1.807) is 20.2 Å². The Morgan fingerprint density at radius 3 is 2.54 bits per heavy atom. The zero-order chi connectivity index (χ0) is 26.8. The summed E-state index contributed by atoms with van der Waals surface area (Å²) < 4.78 is 0. The number of ketones is 4. The number of likely N-dealkylation sites (N-methyl/N-ethyl adjacent to an activating group) is 1. The number of carbonyl (C=O) groups is 5. The Balaban J connectivity index is 1.58. The second-order valence-electron chi connectivity index (χ2n) is 10.8. The lowest BCUT2D eigenvalue weighted by molar-refractivity contribution is -0.187. The van der Waals surface area contributed by atoms with Gasteiger partial charge in [0.15, 0.2) is 34.7 Å². The smallest absolute Gasteiger partial charge is 0.235 e. The first-order chi connectivity index (χ1) is 17.5. The van der Waals surface area contributed by atoms with Crippen LogP contribution in [0.25, 0.3) is 0 Å². The van der Waals surface area contributed by atoms with Crippen molar-refractivity contribution in [2.24, 2.45) is 29.4 Å². The van der Waals surface area contributed by atoms with Crippen LogP contribution in [-0.4, -0.2) is 88.1 Å². The number of phenolic OH excluding ortho intramolecular Hbond substituents is 1. The molecule has 3 fully saturated rings. The van der Waals surface area contributed by atoms with E-state index in [2.05, 4.69) is 0 Å². The van der Waals surface area contributed by atoms with Crippen molar-refractivity contribution in [1.29, 1.82) is 0 Å². The molecule has 11 heteroatoms. The Morgan fingerprint density at radius 2 is 1.92 bits per heavy atom. The lowest BCUT2D eigenvalue weighted by Gasteiger charge is -2.52. The number of benzene rings is 1. The Bertz CT molecular complexity index is 1210. The largest absolute Gasteiger partial charge is 0.507 e. The first-order valence-corrected chi connectivity index (χ1v) is 12.5. The monoisotopic (exact) mass is 513 g/mol. The maximum atomic E-state index is 13.8. The van der Waals surface area contributed by atoms with Crippen LogP contribution in [0.2, 0.25) is 0 Å². The highest BCUT2D eigenvalue weighted by molar-refractivity contribution is 6.32. The number of aliphatic hydroxyl groups is 1. The molecule has 2 saturated carbocycles. The van der Waals surface area contributed by atoms with Gasteiger partial charge in [0, 0.05) is 19.0 Å². The number of hydroxylamine groups is 2. The fraction of sp³-hybridized carbons (Fsp3) is 0.577. The lowest BCUT2D eigenvalue weighted by Crippen LogP contribution is -2.74. The van der Waals surface area contributed by atoms with E-state index in [0.717, 1.165) is 24.9 Å². The van der Waals surface area contributed by atoms with E-state index < -0.39 is 64.4 Å². The van der Waals surface area contributed by atoms with Gasteiger partial charge in [-0.25, -0.2) is 0 Å². The predicted molar refractivity (Wildman–Crippen MR) is 127 cm³/mol. The van der Waals surface area contributed by atoms with Crippen LogP contribution in [0, 0.1) is 23.7 Å². The standard InChI is InChI=1S/C26H31N3O8/c1-28(2)20-15-10-13-9-14-12(11-29-7-3-4-8-37-29)5-6-16(30)18(14)21(31)17(13)23(33)26(15,36)24(34)19(22(20)32)25(27)35/h5-6,13,15,17,19-20,30,36H,3-4,7-11H2,1-2H3,(H2,27,35)/t13-,15-,17?,19?,20-,26-/m0/s1. The molecule has 3 aliphatic carbocycles. The molecule has 1 aromatic rings. The average molecular weight is 514 g/mol. The third-order valence-electron chi connectivity index (χ3n) is 8.46. The normalized spacial score (nSPS) is 34.2. The predicted octanol–water partition coefficient (Wildman–Crippen LogP) is -0.606. The summed E-state index contributed by atoms with van der Waals surface area (Å²) in [6.45, 7) is 1.71. The van der Waals surface area contributed by atoms with Crippen molar-refractivity contribution < 1.29 is 39.0 Å². The quantitative estimate of drug-likeness (QED) is 0.442. The van der Waals surface area contributed by atoms with E-state index in [1.165, 1.54) is 11.0 Å². The van der Waals surface area contributed by atoms with Gasteiger partial charge < -0.3 is 15.9 Å². The molecule has 11 nitrogen and oxygen atoms in total. The number of hydrogen-bond donors (Lipinski definition) is 3. The number of Topliss-reactive ketones (excluding diaryl/α,β-unsaturated/α-hetero) is 4. The summed E-state index contributed by atoms with van der Waals surface area (Å²) in [5.74, 6) is -10.4. The third-order valence-corrected chi connectivity index (χ3v) is 8.46. The number of nitrogens with zero attached hydrogens (tertiary/aromatic N) is 2. The molecule has 37 heavy (non-hydrogen) atoms. The molecule has 1 aromatic carbocycles. The van der Waals surface area contributed by atoms with Crippen LogP contribution in [0.3, 0.4) is 0 Å². The molecule has 1 heterocycles. The molecule has 0 aromatic heterocycles. The second-order valence-corrected chi connectivity index (χ2v) is 10.8. The zero-order valence-corrected chi connectivity index (χ0v) is 20.8. The minimum absolute atomic E-state index is 0.00102. The summed E-state index contributed by atoms with van der Waals surface area (Å²) in [6, 6.07) is 2.01. The van der Waals surface area contributed by atoms with Crippen LogP contribution in [0.1, 0.15) is 40.7 Å². The van der Waals surface area contributed by atoms with Gasteiger partial charge in [0.1, 0.15) is 5.75 Å². The molecular formula is C26H31N3O8. The van der Waals surface area contributed by atoms with Crippen LogP contribution in [0.15, 0.2) is 12.1 Å². The summed E-state index contributed by atoms with van der Waals surface area (Å²) in [4.78, 5) is 73.2. The molecule has 6 atom stereocenters. The van der Waals surface area contributed by atoms with Crippen molar-refractivity contribution >= 4 is 29.0 Å². The number of fused-ring (bicyclic) bond motifs is 3. The van der Waals surface area contributed by atoms with Crippen molar-refractivity contribution in [3.8, 4) is 5.75 Å². The zero-order valence-electron chi connectivity index (χ0n) is 20.8. The Hall–Kier alpha value is -2.99. The number of hydrogen-bond acceptors (Lipinski definition) is 10. The van der Waals surface area contributed by atoms with Crippen molar-refractivity contribution in [3.05, 3.63) is 28.8 Å². The lowest BCUT2D eigenvalue weighted by atomic mass is 9.52. The van der Waals surface area contributed by atoms with Gasteiger partial charge in [-0.3, -0.25) is 33.7 Å². The third kappa shape index (κ3) is 3.75. The average Bonchev–Trinajstić information content (AvgIpc) is 2.83. The van der Waals surface area contributed by atoms with Gasteiger partial charge >= 0.3 is 0 Å². The Kier molecular flexibility index (Phi) is 6.30. The minimum Gasteiger partial charge on any atom is -0.507 e. The van der Waals surface area contributed by atoms with Crippen LogP contribution in [0.5, 0.6) is 5.75 Å².